The Balaban J connectivity index is 1.04. The molecular formula is C34H55N9O7. The van der Waals surface area contributed by atoms with Crippen LogP contribution in [-0.2, 0) is 33.6 Å². The molecule has 0 aromatic rings. The highest BCUT2D eigenvalue weighted by molar-refractivity contribution is 5.91. The standard InChI is InChI=1S/C34H55N9O7/c1-18(44)37-22-9-7-20(12-22)29(46)40-25-15-27(36-17-25)33(50)43-11-5-6-28(43)32(49)42-34(3,4)41-30(47)21-8-10-23(13-21)39-31(48)26-14-24(16-35-26)38-19(2)45/h20-28,35-36H,5-17H2,1-4H3,(H,37,44)(H,38,45)(H,39,48)(H,40,46)(H,41,47)(H,42,49). The van der Waals surface area contributed by atoms with Gasteiger partial charge < -0.3 is 47.4 Å². The molecule has 3 heterocycles. The second-order valence-corrected chi connectivity index (χ2v) is 15.4. The third kappa shape index (κ3) is 9.71. The van der Waals surface area contributed by atoms with Gasteiger partial charge in [0.1, 0.15) is 11.7 Å². The Morgan fingerprint density at radius 1 is 0.580 bits per heavy atom. The lowest BCUT2D eigenvalue weighted by atomic mass is 10.0. The van der Waals surface area contributed by atoms with Crippen LogP contribution in [0.3, 0.4) is 0 Å². The fourth-order valence-corrected chi connectivity index (χ4v) is 8.31. The number of amides is 7. The van der Waals surface area contributed by atoms with Crippen molar-refractivity contribution in [2.45, 2.75) is 140 Å². The third-order valence-corrected chi connectivity index (χ3v) is 10.7. The van der Waals surface area contributed by atoms with Crippen LogP contribution in [0.5, 0.6) is 0 Å². The Morgan fingerprint density at radius 3 is 1.76 bits per heavy atom. The number of hydrogen-bond acceptors (Lipinski definition) is 9. The highest BCUT2D eigenvalue weighted by Crippen LogP contribution is 2.28. The van der Waals surface area contributed by atoms with Gasteiger partial charge in [-0.3, -0.25) is 33.6 Å². The van der Waals surface area contributed by atoms with Crippen LogP contribution in [0.25, 0.3) is 0 Å². The zero-order valence-electron chi connectivity index (χ0n) is 29.7. The van der Waals surface area contributed by atoms with Gasteiger partial charge in [0.25, 0.3) is 0 Å². The van der Waals surface area contributed by atoms with E-state index in [9.17, 15) is 33.6 Å². The molecule has 16 heteroatoms. The highest BCUT2D eigenvalue weighted by Gasteiger charge is 2.42. The van der Waals surface area contributed by atoms with E-state index in [1.807, 2.05) is 0 Å². The number of hydrogen-bond donors (Lipinski definition) is 8. The lowest BCUT2D eigenvalue weighted by Crippen LogP contribution is -2.61. The summed E-state index contributed by atoms with van der Waals surface area (Å²) in [7, 11) is 0. The number of nitrogens with zero attached hydrogens (tertiary/aromatic N) is 1. The summed E-state index contributed by atoms with van der Waals surface area (Å²) in [5.41, 5.74) is -1.07. The van der Waals surface area contributed by atoms with Gasteiger partial charge in [-0.1, -0.05) is 0 Å². The van der Waals surface area contributed by atoms with E-state index >= 15 is 0 Å². The second-order valence-electron chi connectivity index (χ2n) is 15.4. The zero-order valence-corrected chi connectivity index (χ0v) is 29.7. The van der Waals surface area contributed by atoms with Crippen molar-refractivity contribution in [1.82, 2.24) is 47.4 Å². The third-order valence-electron chi connectivity index (χ3n) is 10.7. The summed E-state index contributed by atoms with van der Waals surface area (Å²) in [6.45, 7) is 7.78. The number of likely N-dealkylation sites (tertiary alicyclic amines) is 1. The number of carbonyl (C=O) groups is 7. The van der Waals surface area contributed by atoms with Crippen LogP contribution in [0.2, 0.25) is 0 Å². The lowest BCUT2D eigenvalue weighted by Gasteiger charge is -2.33. The van der Waals surface area contributed by atoms with Gasteiger partial charge in [-0.25, -0.2) is 0 Å². The minimum atomic E-state index is -1.07. The van der Waals surface area contributed by atoms with Crippen molar-refractivity contribution in [3.05, 3.63) is 0 Å². The second kappa shape index (κ2) is 16.0. The summed E-state index contributed by atoms with van der Waals surface area (Å²) in [5, 5.41) is 24.1. The molecule has 5 rings (SSSR count). The first-order chi connectivity index (χ1) is 23.7. The van der Waals surface area contributed by atoms with Gasteiger partial charge in [0.15, 0.2) is 0 Å². The van der Waals surface area contributed by atoms with Gasteiger partial charge in [0.2, 0.25) is 41.4 Å². The topological polar surface area (TPSA) is 219 Å². The smallest absolute Gasteiger partial charge is 0.244 e. The van der Waals surface area contributed by atoms with E-state index in [1.54, 1.807) is 18.7 Å². The van der Waals surface area contributed by atoms with E-state index in [-0.39, 0.29) is 77.4 Å². The predicted molar refractivity (Wildman–Crippen MR) is 182 cm³/mol. The minimum absolute atomic E-state index is 0.0115. The molecule has 2 aliphatic carbocycles. The molecule has 5 aliphatic rings. The molecule has 278 valence electrons. The first kappa shape index (κ1) is 37.5. The zero-order chi connectivity index (χ0) is 36.2. The SMILES string of the molecule is CC(=O)NC1CCC(C(=O)NC2CNC(C(=O)N3CCCC3C(=O)NC(C)(C)NC(=O)C3CCC(NC(=O)C4CC(NC(C)=O)CN4)C3)C2)C1. The lowest BCUT2D eigenvalue weighted by molar-refractivity contribution is -0.141. The van der Waals surface area contributed by atoms with Crippen LogP contribution in [0, 0.1) is 11.8 Å². The number of rotatable bonds is 11. The average molecular weight is 702 g/mol. The Bertz CT molecular complexity index is 1340. The maximum atomic E-state index is 13.6. The summed E-state index contributed by atoms with van der Waals surface area (Å²) in [6.07, 6.45) is 5.97. The van der Waals surface area contributed by atoms with Crippen molar-refractivity contribution in [2.75, 3.05) is 19.6 Å². The Kier molecular flexibility index (Phi) is 12.0. The van der Waals surface area contributed by atoms with Crippen molar-refractivity contribution in [2.24, 2.45) is 11.8 Å². The van der Waals surface area contributed by atoms with Gasteiger partial charge in [-0.15, -0.1) is 0 Å². The molecule has 50 heavy (non-hydrogen) atoms. The Labute approximate surface area is 293 Å². The van der Waals surface area contributed by atoms with Crippen molar-refractivity contribution in [1.29, 1.82) is 0 Å². The minimum Gasteiger partial charge on any atom is -0.354 e. The monoisotopic (exact) mass is 701 g/mol. The van der Waals surface area contributed by atoms with Crippen molar-refractivity contribution in [3.63, 3.8) is 0 Å². The summed E-state index contributed by atoms with van der Waals surface area (Å²) in [6, 6.07) is -2.00. The van der Waals surface area contributed by atoms with Crippen LogP contribution in [0.4, 0.5) is 0 Å². The van der Waals surface area contributed by atoms with Gasteiger partial charge in [0.05, 0.1) is 12.1 Å². The van der Waals surface area contributed by atoms with Crippen LogP contribution in [-0.4, -0.2) is 114 Å². The molecule has 3 aliphatic heterocycles. The Morgan fingerprint density at radius 2 is 1.10 bits per heavy atom. The molecule has 9 atom stereocenters. The Hall–Kier alpha value is -3.79. The van der Waals surface area contributed by atoms with Crippen LogP contribution >= 0.6 is 0 Å². The summed E-state index contributed by atoms with van der Waals surface area (Å²) < 4.78 is 0. The summed E-state index contributed by atoms with van der Waals surface area (Å²) >= 11 is 0. The molecule has 2 saturated carbocycles. The first-order valence-corrected chi connectivity index (χ1v) is 18.2. The molecule has 3 saturated heterocycles. The van der Waals surface area contributed by atoms with E-state index in [2.05, 4.69) is 42.5 Å². The van der Waals surface area contributed by atoms with Crippen molar-refractivity contribution < 1.29 is 33.6 Å². The molecular weight excluding hydrogens is 646 g/mol. The largest absolute Gasteiger partial charge is 0.354 e. The van der Waals surface area contributed by atoms with Crippen molar-refractivity contribution in [3.8, 4) is 0 Å². The fourth-order valence-electron chi connectivity index (χ4n) is 8.31. The molecule has 0 radical (unpaired) electrons. The summed E-state index contributed by atoms with van der Waals surface area (Å²) in [5.74, 6) is -1.63. The van der Waals surface area contributed by atoms with Gasteiger partial charge in [-0.05, 0) is 78.1 Å². The van der Waals surface area contributed by atoms with E-state index < -0.39 is 23.8 Å². The predicted octanol–water partition coefficient (Wildman–Crippen LogP) is -1.75. The van der Waals surface area contributed by atoms with Crippen molar-refractivity contribution >= 4 is 41.4 Å². The van der Waals surface area contributed by atoms with Crippen LogP contribution in [0.1, 0.15) is 91.9 Å². The quantitative estimate of drug-likeness (QED) is 0.114. The van der Waals surface area contributed by atoms with E-state index in [0.29, 0.717) is 77.4 Å². The molecule has 16 nitrogen and oxygen atoms in total. The average Bonchev–Trinajstić information content (AvgIpc) is 3.86. The molecule has 7 amide bonds. The number of carbonyl (C=O) groups excluding carboxylic acids is 7. The molecule has 0 spiro atoms. The van der Waals surface area contributed by atoms with Gasteiger partial charge >= 0.3 is 0 Å². The first-order valence-electron chi connectivity index (χ1n) is 18.2. The molecule has 0 aromatic heterocycles. The summed E-state index contributed by atoms with van der Waals surface area (Å²) in [4.78, 5) is 90.3. The number of nitrogens with one attached hydrogen (secondary N) is 8. The molecule has 0 aromatic carbocycles. The van der Waals surface area contributed by atoms with Gasteiger partial charge in [0, 0.05) is 69.5 Å². The van der Waals surface area contributed by atoms with Crippen LogP contribution < -0.4 is 42.5 Å². The normalized spacial score (nSPS) is 32.3. The molecule has 9 unspecified atom stereocenters. The van der Waals surface area contributed by atoms with E-state index in [1.165, 1.54) is 13.8 Å². The molecule has 5 fully saturated rings. The van der Waals surface area contributed by atoms with E-state index in [4.69, 9.17) is 0 Å². The van der Waals surface area contributed by atoms with Gasteiger partial charge in [-0.2, -0.15) is 0 Å². The maximum Gasteiger partial charge on any atom is 0.244 e. The molecule has 8 N–H and O–H groups in total. The van der Waals surface area contributed by atoms with E-state index in [0.717, 1.165) is 6.42 Å². The fraction of sp³-hybridized carbons (Fsp3) is 0.794. The maximum absolute atomic E-state index is 13.6. The highest BCUT2D eigenvalue weighted by atomic mass is 16.2. The van der Waals surface area contributed by atoms with Crippen LogP contribution in [0.15, 0.2) is 0 Å². The molecule has 0 bridgehead atoms.